The quantitative estimate of drug-likeness (QED) is 0.515. The molecule has 2 heterocycles. The molecule has 1 atom stereocenters. The second-order valence-electron chi connectivity index (χ2n) is 6.74. The largest absolute Gasteiger partial charge is 0.348 e. The number of hydrogen-bond acceptors (Lipinski definition) is 4. The van der Waals surface area contributed by atoms with Gasteiger partial charge in [-0.25, -0.2) is 9.37 Å². The van der Waals surface area contributed by atoms with Crippen LogP contribution < -0.4 is 10.9 Å². The van der Waals surface area contributed by atoms with Gasteiger partial charge in [0, 0.05) is 28.2 Å². The van der Waals surface area contributed by atoms with Crippen LogP contribution in [0.15, 0.2) is 71.7 Å². The van der Waals surface area contributed by atoms with E-state index in [0.29, 0.717) is 27.6 Å². The minimum atomic E-state index is -0.361. The number of fused-ring (bicyclic) bond motifs is 1. The molecule has 0 fully saturated rings. The van der Waals surface area contributed by atoms with Gasteiger partial charge in [0.1, 0.15) is 11.5 Å². The van der Waals surface area contributed by atoms with E-state index in [1.54, 1.807) is 30.5 Å². The molecule has 0 aliphatic carbocycles. The molecule has 146 valence electrons. The van der Waals surface area contributed by atoms with Gasteiger partial charge in [0.25, 0.3) is 5.56 Å². The lowest BCUT2D eigenvalue weighted by molar-refractivity contribution is 0.599. The van der Waals surface area contributed by atoms with Crippen LogP contribution in [0.4, 0.5) is 10.3 Å². The highest BCUT2D eigenvalue weighted by Gasteiger charge is 2.12. The zero-order valence-corrected chi connectivity index (χ0v) is 16.4. The number of benzene rings is 2. The Hall–Kier alpha value is -3.25. The van der Waals surface area contributed by atoms with Crippen LogP contribution in [0.3, 0.4) is 0 Å². The zero-order chi connectivity index (χ0) is 20.4. The van der Waals surface area contributed by atoms with E-state index in [9.17, 15) is 9.18 Å². The standard InChI is InChI=1S/C22H18ClFN4O/c1-14(15-6-9-18(23)10-7-15)26-22-25-12-16-8-11-20(29)28(21(16)27-22)13-17-4-2-3-5-19(17)24/h2-12,14H,13H2,1H3,(H,25,26,27)/t14-/m0/s1. The fourth-order valence-corrected chi connectivity index (χ4v) is 3.25. The van der Waals surface area contributed by atoms with E-state index in [0.717, 1.165) is 5.56 Å². The van der Waals surface area contributed by atoms with Gasteiger partial charge in [-0.2, -0.15) is 4.98 Å². The van der Waals surface area contributed by atoms with Gasteiger partial charge < -0.3 is 5.32 Å². The average molecular weight is 409 g/mol. The maximum atomic E-state index is 14.1. The zero-order valence-electron chi connectivity index (χ0n) is 15.6. The summed E-state index contributed by atoms with van der Waals surface area (Å²) in [5, 5.41) is 4.60. The number of nitrogens with zero attached hydrogens (tertiary/aromatic N) is 3. The van der Waals surface area contributed by atoms with Gasteiger partial charge in [-0.05, 0) is 36.8 Å². The highest BCUT2D eigenvalue weighted by molar-refractivity contribution is 6.30. The smallest absolute Gasteiger partial charge is 0.252 e. The first kappa shape index (κ1) is 19.1. The summed E-state index contributed by atoms with van der Waals surface area (Å²) in [5.74, 6) is 0.0213. The summed E-state index contributed by atoms with van der Waals surface area (Å²) in [4.78, 5) is 21.4. The van der Waals surface area contributed by atoms with Gasteiger partial charge in [0.15, 0.2) is 0 Å². The van der Waals surface area contributed by atoms with Crippen molar-refractivity contribution in [3.63, 3.8) is 0 Å². The number of halogens is 2. The van der Waals surface area contributed by atoms with Crippen molar-refractivity contribution in [2.45, 2.75) is 19.5 Å². The number of aromatic nitrogens is 3. The summed E-state index contributed by atoms with van der Waals surface area (Å²) in [5.41, 5.74) is 1.64. The molecule has 0 bridgehead atoms. The lowest BCUT2D eigenvalue weighted by Gasteiger charge is -2.15. The lowest BCUT2D eigenvalue weighted by atomic mass is 10.1. The summed E-state index contributed by atoms with van der Waals surface area (Å²) >= 11 is 5.95. The van der Waals surface area contributed by atoms with Crippen LogP contribution in [0.25, 0.3) is 11.0 Å². The van der Waals surface area contributed by atoms with Crippen LogP contribution in [-0.2, 0) is 6.54 Å². The summed E-state index contributed by atoms with van der Waals surface area (Å²) in [6, 6.07) is 16.9. The molecular weight excluding hydrogens is 391 g/mol. The normalized spacial score (nSPS) is 12.1. The monoisotopic (exact) mass is 408 g/mol. The molecule has 0 aliphatic rings. The molecule has 0 unspecified atom stereocenters. The van der Waals surface area contributed by atoms with E-state index >= 15 is 0 Å². The molecule has 0 radical (unpaired) electrons. The Morgan fingerprint density at radius 3 is 2.62 bits per heavy atom. The third kappa shape index (κ3) is 4.12. The molecule has 0 amide bonds. The third-order valence-corrected chi connectivity index (χ3v) is 4.98. The SMILES string of the molecule is C[C@H](Nc1ncc2ccc(=O)n(Cc3ccccc3F)c2n1)c1ccc(Cl)cc1. The topological polar surface area (TPSA) is 59.8 Å². The highest BCUT2D eigenvalue weighted by Crippen LogP contribution is 2.20. The Kier molecular flexibility index (Phi) is 5.27. The molecule has 29 heavy (non-hydrogen) atoms. The molecule has 0 aliphatic heterocycles. The van der Waals surface area contributed by atoms with E-state index in [1.807, 2.05) is 31.2 Å². The predicted octanol–water partition coefficient (Wildman–Crippen LogP) is 4.81. The molecule has 0 saturated carbocycles. The van der Waals surface area contributed by atoms with Gasteiger partial charge in [-0.1, -0.05) is 41.9 Å². The maximum Gasteiger partial charge on any atom is 0.252 e. The summed E-state index contributed by atoms with van der Waals surface area (Å²) in [6.07, 6.45) is 1.65. The summed E-state index contributed by atoms with van der Waals surface area (Å²) < 4.78 is 15.6. The molecule has 4 aromatic rings. The van der Waals surface area contributed by atoms with Crippen molar-refractivity contribution < 1.29 is 4.39 Å². The van der Waals surface area contributed by atoms with Crippen LogP contribution in [0.1, 0.15) is 24.1 Å². The first-order valence-corrected chi connectivity index (χ1v) is 9.51. The predicted molar refractivity (Wildman–Crippen MR) is 113 cm³/mol. The first-order chi connectivity index (χ1) is 14.0. The van der Waals surface area contributed by atoms with Crippen LogP contribution in [0.5, 0.6) is 0 Å². The van der Waals surface area contributed by atoms with Gasteiger partial charge in [0.2, 0.25) is 5.95 Å². The van der Waals surface area contributed by atoms with Crippen molar-refractivity contribution in [1.29, 1.82) is 0 Å². The second-order valence-corrected chi connectivity index (χ2v) is 7.18. The minimum Gasteiger partial charge on any atom is -0.348 e. The second kappa shape index (κ2) is 8.01. The number of pyridine rings is 1. The fraction of sp³-hybridized carbons (Fsp3) is 0.136. The van der Waals surface area contributed by atoms with E-state index in [4.69, 9.17) is 11.6 Å². The van der Waals surface area contributed by atoms with Gasteiger partial charge in [-0.15, -0.1) is 0 Å². The Morgan fingerprint density at radius 1 is 1.10 bits per heavy atom. The van der Waals surface area contributed by atoms with Crippen LogP contribution in [0, 0.1) is 5.82 Å². The molecule has 5 nitrogen and oxygen atoms in total. The fourth-order valence-electron chi connectivity index (χ4n) is 3.12. The molecule has 2 aromatic carbocycles. The molecule has 1 N–H and O–H groups in total. The van der Waals surface area contributed by atoms with E-state index in [2.05, 4.69) is 15.3 Å². The summed E-state index contributed by atoms with van der Waals surface area (Å²) in [7, 11) is 0. The lowest BCUT2D eigenvalue weighted by Crippen LogP contribution is -2.22. The molecule has 2 aromatic heterocycles. The average Bonchev–Trinajstić information content (AvgIpc) is 2.72. The number of hydrogen-bond donors (Lipinski definition) is 1. The minimum absolute atomic E-state index is 0.0693. The maximum absolute atomic E-state index is 14.1. The number of nitrogens with one attached hydrogen (secondary N) is 1. The molecule has 0 spiro atoms. The Bertz CT molecular complexity index is 1220. The summed E-state index contributed by atoms with van der Waals surface area (Å²) in [6.45, 7) is 2.07. The first-order valence-electron chi connectivity index (χ1n) is 9.13. The Morgan fingerprint density at radius 2 is 1.86 bits per heavy atom. The molecule has 0 saturated heterocycles. The van der Waals surface area contributed by atoms with E-state index in [-0.39, 0.29) is 24.0 Å². The molecule has 4 rings (SSSR count). The van der Waals surface area contributed by atoms with Gasteiger partial charge >= 0.3 is 0 Å². The Labute approximate surface area is 171 Å². The van der Waals surface area contributed by atoms with Crippen molar-refractivity contribution >= 4 is 28.6 Å². The number of rotatable bonds is 5. The number of anilines is 1. The highest BCUT2D eigenvalue weighted by atomic mass is 35.5. The van der Waals surface area contributed by atoms with Gasteiger partial charge in [0.05, 0.1) is 12.6 Å². The van der Waals surface area contributed by atoms with Crippen molar-refractivity contribution in [2.24, 2.45) is 0 Å². The van der Waals surface area contributed by atoms with Crippen molar-refractivity contribution in [3.05, 3.63) is 99.2 Å². The third-order valence-electron chi connectivity index (χ3n) is 4.72. The molecular formula is C22H18ClFN4O. The Balaban J connectivity index is 1.70. The van der Waals surface area contributed by atoms with E-state index < -0.39 is 0 Å². The van der Waals surface area contributed by atoms with Crippen molar-refractivity contribution in [2.75, 3.05) is 5.32 Å². The van der Waals surface area contributed by atoms with Crippen molar-refractivity contribution in [3.8, 4) is 0 Å². The van der Waals surface area contributed by atoms with Crippen LogP contribution >= 0.6 is 11.6 Å². The van der Waals surface area contributed by atoms with Crippen LogP contribution in [0.2, 0.25) is 5.02 Å². The van der Waals surface area contributed by atoms with Crippen LogP contribution in [-0.4, -0.2) is 14.5 Å². The van der Waals surface area contributed by atoms with Crippen molar-refractivity contribution in [1.82, 2.24) is 14.5 Å². The molecule has 7 heteroatoms. The van der Waals surface area contributed by atoms with E-state index in [1.165, 1.54) is 16.7 Å². The van der Waals surface area contributed by atoms with Gasteiger partial charge in [-0.3, -0.25) is 9.36 Å².